The van der Waals surface area contributed by atoms with Gasteiger partial charge in [-0.1, -0.05) is 20.8 Å². The molecule has 2 rings (SSSR count). The fraction of sp³-hybridized carbons (Fsp3) is 0.467. The number of nitrogens with two attached hydrogens (primary N) is 1. The molecule has 0 aromatic heterocycles. The second-order valence-electron chi connectivity index (χ2n) is 5.49. The van der Waals surface area contributed by atoms with Crippen molar-refractivity contribution in [1.29, 1.82) is 0 Å². The lowest BCUT2D eigenvalue weighted by molar-refractivity contribution is 0.323. The number of hydrogen-bond acceptors (Lipinski definition) is 2. The molecule has 1 aromatic carbocycles. The Balaban J connectivity index is 2.09. The number of anilines is 1. The van der Waals surface area contributed by atoms with Crippen LogP contribution in [0.2, 0.25) is 0 Å². The lowest BCUT2D eigenvalue weighted by atomic mass is 9.80. The van der Waals surface area contributed by atoms with Crippen LogP contribution in [0.5, 0.6) is 5.75 Å². The van der Waals surface area contributed by atoms with E-state index in [0.717, 1.165) is 23.8 Å². The Hall–Kier alpha value is -1.44. The summed E-state index contributed by atoms with van der Waals surface area (Å²) in [5.41, 5.74) is 8.06. The molecule has 92 valence electrons. The van der Waals surface area contributed by atoms with E-state index in [1.165, 1.54) is 12.0 Å². The van der Waals surface area contributed by atoms with E-state index < -0.39 is 0 Å². The van der Waals surface area contributed by atoms with Gasteiger partial charge in [0.2, 0.25) is 0 Å². The Bertz CT molecular complexity index is 417. The molecule has 0 bridgehead atoms. The van der Waals surface area contributed by atoms with E-state index >= 15 is 0 Å². The van der Waals surface area contributed by atoms with Gasteiger partial charge in [-0.05, 0) is 54.0 Å². The average molecular weight is 231 g/mol. The van der Waals surface area contributed by atoms with Crippen molar-refractivity contribution in [3.63, 3.8) is 0 Å². The Morgan fingerprint density at radius 3 is 2.47 bits per heavy atom. The molecule has 1 aliphatic rings. The van der Waals surface area contributed by atoms with Gasteiger partial charge in [0.25, 0.3) is 0 Å². The van der Waals surface area contributed by atoms with E-state index in [1.807, 2.05) is 30.5 Å². The highest BCUT2D eigenvalue weighted by Gasteiger charge is 2.35. The largest absolute Gasteiger partial charge is 0.465 e. The summed E-state index contributed by atoms with van der Waals surface area (Å²) in [5, 5.41) is 0. The summed E-state index contributed by atoms with van der Waals surface area (Å²) in [6.45, 7) is 6.90. The summed E-state index contributed by atoms with van der Waals surface area (Å²) in [5.74, 6) is 1.57. The molecule has 0 heterocycles. The number of rotatable bonds is 2. The van der Waals surface area contributed by atoms with Crippen LogP contribution in [0, 0.1) is 11.3 Å². The average Bonchev–Trinajstić information content (AvgIpc) is 2.54. The lowest BCUT2D eigenvalue weighted by Crippen LogP contribution is -2.16. The van der Waals surface area contributed by atoms with Crippen molar-refractivity contribution in [3.05, 3.63) is 36.1 Å². The third-order valence-electron chi connectivity index (χ3n) is 4.12. The highest BCUT2D eigenvalue weighted by atomic mass is 16.5. The van der Waals surface area contributed by atoms with Gasteiger partial charge in [-0.15, -0.1) is 0 Å². The van der Waals surface area contributed by atoms with E-state index in [4.69, 9.17) is 10.5 Å². The smallest absolute Gasteiger partial charge is 0.126 e. The Labute approximate surface area is 103 Å². The zero-order valence-electron chi connectivity index (χ0n) is 10.9. The Morgan fingerprint density at radius 2 is 1.94 bits per heavy atom. The van der Waals surface area contributed by atoms with Crippen molar-refractivity contribution in [2.45, 2.75) is 33.6 Å². The van der Waals surface area contributed by atoms with Crippen LogP contribution >= 0.6 is 0 Å². The minimum Gasteiger partial charge on any atom is -0.465 e. The van der Waals surface area contributed by atoms with Crippen LogP contribution in [0.15, 0.2) is 36.1 Å². The minimum absolute atomic E-state index is 0.258. The number of ether oxygens (including phenoxy) is 1. The maximum Gasteiger partial charge on any atom is 0.126 e. The molecule has 0 aliphatic heterocycles. The first-order valence-electron chi connectivity index (χ1n) is 6.22. The molecule has 1 aliphatic carbocycles. The number of nitrogen functional groups attached to an aromatic ring is 1. The number of hydrogen-bond donors (Lipinski definition) is 1. The standard InChI is InChI=1S/C15H21NO/c1-11-4-5-12(15(11,2)3)10-17-14-8-6-13(16)7-9-14/h6-11H,4-5,16H2,1-3H3. The molecule has 2 heteroatoms. The highest BCUT2D eigenvalue weighted by molar-refractivity contribution is 5.41. The van der Waals surface area contributed by atoms with Gasteiger partial charge in [-0.3, -0.25) is 0 Å². The van der Waals surface area contributed by atoms with Crippen molar-refractivity contribution in [1.82, 2.24) is 0 Å². The van der Waals surface area contributed by atoms with Gasteiger partial charge in [0.15, 0.2) is 0 Å². The number of allylic oxidation sites excluding steroid dienone is 1. The SMILES string of the molecule is CC1CCC(=COc2ccc(N)cc2)C1(C)C. The normalized spacial score (nSPS) is 25.1. The molecule has 0 saturated heterocycles. The maximum absolute atomic E-state index is 5.71. The molecule has 17 heavy (non-hydrogen) atoms. The van der Waals surface area contributed by atoms with Crippen molar-refractivity contribution in [2.75, 3.05) is 5.73 Å². The molecule has 1 aromatic rings. The number of benzene rings is 1. The zero-order chi connectivity index (χ0) is 12.5. The topological polar surface area (TPSA) is 35.2 Å². The first kappa shape index (κ1) is 12.0. The van der Waals surface area contributed by atoms with Gasteiger partial charge >= 0.3 is 0 Å². The Morgan fingerprint density at radius 1 is 1.29 bits per heavy atom. The van der Waals surface area contributed by atoms with Gasteiger partial charge in [-0.25, -0.2) is 0 Å². The molecule has 1 saturated carbocycles. The predicted molar refractivity (Wildman–Crippen MR) is 71.7 cm³/mol. The molecule has 1 atom stereocenters. The van der Waals surface area contributed by atoms with Gasteiger partial charge in [0, 0.05) is 5.69 Å². The van der Waals surface area contributed by atoms with Gasteiger partial charge in [0.1, 0.15) is 5.75 Å². The summed E-state index contributed by atoms with van der Waals surface area (Å²) in [6.07, 6.45) is 4.32. The highest BCUT2D eigenvalue weighted by Crippen LogP contribution is 2.46. The van der Waals surface area contributed by atoms with E-state index in [1.54, 1.807) is 0 Å². The molecule has 2 nitrogen and oxygen atoms in total. The first-order chi connectivity index (χ1) is 8.00. The summed E-state index contributed by atoms with van der Waals surface area (Å²) in [7, 11) is 0. The fourth-order valence-electron chi connectivity index (χ4n) is 2.27. The van der Waals surface area contributed by atoms with Crippen LogP contribution in [0.4, 0.5) is 5.69 Å². The summed E-state index contributed by atoms with van der Waals surface area (Å²) in [4.78, 5) is 0. The molecule has 2 N–H and O–H groups in total. The van der Waals surface area contributed by atoms with Crippen LogP contribution in [-0.2, 0) is 0 Å². The lowest BCUT2D eigenvalue weighted by Gasteiger charge is -2.25. The van der Waals surface area contributed by atoms with E-state index in [2.05, 4.69) is 20.8 Å². The van der Waals surface area contributed by atoms with Crippen LogP contribution in [0.25, 0.3) is 0 Å². The third-order valence-corrected chi connectivity index (χ3v) is 4.12. The van der Waals surface area contributed by atoms with Gasteiger partial charge < -0.3 is 10.5 Å². The summed E-state index contributed by atoms with van der Waals surface area (Å²) >= 11 is 0. The molecular weight excluding hydrogens is 210 g/mol. The molecule has 0 radical (unpaired) electrons. The van der Waals surface area contributed by atoms with E-state index in [0.29, 0.717) is 0 Å². The quantitative estimate of drug-likeness (QED) is 0.617. The van der Waals surface area contributed by atoms with Gasteiger partial charge in [0.05, 0.1) is 6.26 Å². The predicted octanol–water partition coefficient (Wildman–Crippen LogP) is 3.99. The second kappa shape index (κ2) is 4.44. The maximum atomic E-state index is 5.71. The van der Waals surface area contributed by atoms with Crippen molar-refractivity contribution < 1.29 is 4.74 Å². The van der Waals surface area contributed by atoms with Crippen molar-refractivity contribution in [2.24, 2.45) is 11.3 Å². The zero-order valence-corrected chi connectivity index (χ0v) is 10.9. The van der Waals surface area contributed by atoms with Crippen LogP contribution in [0.3, 0.4) is 0 Å². The summed E-state index contributed by atoms with van der Waals surface area (Å²) in [6, 6.07) is 7.52. The van der Waals surface area contributed by atoms with Crippen molar-refractivity contribution >= 4 is 5.69 Å². The molecule has 1 fully saturated rings. The van der Waals surface area contributed by atoms with Crippen molar-refractivity contribution in [3.8, 4) is 5.75 Å². The third kappa shape index (κ3) is 2.46. The fourth-order valence-corrected chi connectivity index (χ4v) is 2.27. The summed E-state index contributed by atoms with van der Waals surface area (Å²) < 4.78 is 5.71. The Kier molecular flexibility index (Phi) is 3.14. The van der Waals surface area contributed by atoms with Gasteiger partial charge in [-0.2, -0.15) is 0 Å². The van der Waals surface area contributed by atoms with E-state index in [-0.39, 0.29) is 5.41 Å². The van der Waals surface area contributed by atoms with E-state index in [9.17, 15) is 0 Å². The molecule has 0 spiro atoms. The first-order valence-corrected chi connectivity index (χ1v) is 6.22. The van der Waals surface area contributed by atoms with Crippen LogP contribution < -0.4 is 10.5 Å². The second-order valence-corrected chi connectivity index (χ2v) is 5.49. The monoisotopic (exact) mass is 231 g/mol. The van der Waals surface area contributed by atoms with Crippen LogP contribution in [-0.4, -0.2) is 0 Å². The molecule has 0 amide bonds. The molecule has 1 unspecified atom stereocenters. The molecular formula is C15H21NO. The van der Waals surface area contributed by atoms with Crippen LogP contribution in [0.1, 0.15) is 33.6 Å². The minimum atomic E-state index is 0.258.